The molecule has 0 aliphatic carbocycles. The van der Waals surface area contributed by atoms with Crippen LogP contribution in [0, 0.1) is 6.92 Å². The molecule has 0 aliphatic heterocycles. The molecule has 1 N–H and O–H groups in total. The molecule has 7 heteroatoms. The fourth-order valence-electron chi connectivity index (χ4n) is 2.04. The zero-order valence-electron chi connectivity index (χ0n) is 11.0. The van der Waals surface area contributed by atoms with Crippen molar-refractivity contribution in [3.05, 3.63) is 22.3 Å². The Kier molecular flexibility index (Phi) is 3.24. The number of hydrogen-bond donors (Lipinski definition) is 1. The number of fused-ring (bicyclic) bond motifs is 1. The minimum atomic E-state index is 0.230. The van der Waals surface area contributed by atoms with Crippen LogP contribution >= 0.6 is 22.7 Å². The molecule has 0 amide bonds. The number of rotatable bonds is 4. The molecule has 3 aromatic rings. The summed E-state index contributed by atoms with van der Waals surface area (Å²) in [5.74, 6) is 0. The van der Waals surface area contributed by atoms with E-state index in [0.717, 1.165) is 32.6 Å². The van der Waals surface area contributed by atoms with Gasteiger partial charge in [0, 0.05) is 18.6 Å². The van der Waals surface area contributed by atoms with E-state index in [4.69, 9.17) is 0 Å². The SMILES string of the molecule is CC[C@H](Nc1nc2c(s1)c(C)nn2C)c1nccs1. The van der Waals surface area contributed by atoms with Gasteiger partial charge in [-0.2, -0.15) is 5.10 Å². The Bertz CT molecular complexity index is 648. The van der Waals surface area contributed by atoms with Crippen LogP contribution in [0.25, 0.3) is 10.3 Å². The molecule has 19 heavy (non-hydrogen) atoms. The molecule has 1 atom stereocenters. The van der Waals surface area contributed by atoms with Crippen LogP contribution in [0.3, 0.4) is 0 Å². The van der Waals surface area contributed by atoms with Gasteiger partial charge in [0.05, 0.1) is 16.4 Å². The third-order valence-corrected chi connectivity index (χ3v) is 4.97. The van der Waals surface area contributed by atoms with Crippen molar-refractivity contribution < 1.29 is 0 Å². The van der Waals surface area contributed by atoms with Gasteiger partial charge in [0.15, 0.2) is 10.8 Å². The normalized spacial score (nSPS) is 13.0. The molecule has 5 nitrogen and oxygen atoms in total. The number of hydrogen-bond acceptors (Lipinski definition) is 6. The van der Waals surface area contributed by atoms with Gasteiger partial charge in [0.2, 0.25) is 0 Å². The Hall–Kier alpha value is -1.47. The topological polar surface area (TPSA) is 55.6 Å². The van der Waals surface area contributed by atoms with E-state index in [1.54, 1.807) is 22.7 Å². The van der Waals surface area contributed by atoms with Crippen molar-refractivity contribution in [1.82, 2.24) is 19.7 Å². The van der Waals surface area contributed by atoms with Crippen molar-refractivity contribution >= 4 is 38.2 Å². The van der Waals surface area contributed by atoms with Crippen LogP contribution in [0.15, 0.2) is 11.6 Å². The lowest BCUT2D eigenvalue weighted by Gasteiger charge is -2.12. The molecule has 0 bridgehead atoms. The summed E-state index contributed by atoms with van der Waals surface area (Å²) < 4.78 is 2.98. The van der Waals surface area contributed by atoms with Gasteiger partial charge in [0.25, 0.3) is 0 Å². The number of aromatic nitrogens is 4. The van der Waals surface area contributed by atoms with E-state index < -0.39 is 0 Å². The number of aryl methyl sites for hydroxylation is 2. The highest BCUT2D eigenvalue weighted by molar-refractivity contribution is 7.22. The van der Waals surface area contributed by atoms with Crippen molar-refractivity contribution in [2.75, 3.05) is 5.32 Å². The van der Waals surface area contributed by atoms with Crippen LogP contribution < -0.4 is 5.32 Å². The maximum Gasteiger partial charge on any atom is 0.186 e. The lowest BCUT2D eigenvalue weighted by Crippen LogP contribution is -2.09. The summed E-state index contributed by atoms with van der Waals surface area (Å²) in [6, 6.07) is 0.230. The maximum atomic E-state index is 4.62. The fourth-order valence-corrected chi connectivity index (χ4v) is 3.80. The Morgan fingerprint density at radius 2 is 2.32 bits per heavy atom. The monoisotopic (exact) mass is 293 g/mol. The third kappa shape index (κ3) is 2.23. The summed E-state index contributed by atoms with van der Waals surface area (Å²) in [5.41, 5.74) is 1.98. The minimum Gasteiger partial charge on any atom is -0.352 e. The minimum absolute atomic E-state index is 0.230. The Morgan fingerprint density at radius 1 is 1.47 bits per heavy atom. The number of thiazole rings is 2. The number of anilines is 1. The van der Waals surface area contributed by atoms with Gasteiger partial charge >= 0.3 is 0 Å². The lowest BCUT2D eigenvalue weighted by atomic mass is 10.2. The summed E-state index contributed by atoms with van der Waals surface area (Å²) in [6.07, 6.45) is 2.83. The highest BCUT2D eigenvalue weighted by Gasteiger charge is 2.16. The molecule has 0 radical (unpaired) electrons. The first-order valence-electron chi connectivity index (χ1n) is 6.15. The summed E-state index contributed by atoms with van der Waals surface area (Å²) >= 11 is 3.33. The van der Waals surface area contributed by atoms with E-state index in [0.29, 0.717) is 0 Å². The van der Waals surface area contributed by atoms with Gasteiger partial charge in [-0.05, 0) is 13.3 Å². The number of nitrogens with zero attached hydrogens (tertiary/aromatic N) is 4. The highest BCUT2D eigenvalue weighted by Crippen LogP contribution is 2.31. The first-order chi connectivity index (χ1) is 9.19. The molecule has 3 heterocycles. The summed E-state index contributed by atoms with van der Waals surface area (Å²) in [7, 11) is 1.93. The van der Waals surface area contributed by atoms with E-state index >= 15 is 0 Å². The van der Waals surface area contributed by atoms with Gasteiger partial charge < -0.3 is 5.32 Å². The average Bonchev–Trinajstić information content (AvgIpc) is 3.08. The second-order valence-corrected chi connectivity index (χ2v) is 6.28. The first kappa shape index (κ1) is 12.6. The van der Waals surface area contributed by atoms with Gasteiger partial charge in [-0.15, -0.1) is 11.3 Å². The van der Waals surface area contributed by atoms with Crippen molar-refractivity contribution in [3.63, 3.8) is 0 Å². The zero-order chi connectivity index (χ0) is 13.4. The first-order valence-corrected chi connectivity index (χ1v) is 7.84. The predicted octanol–water partition coefficient (Wildman–Crippen LogP) is 3.36. The van der Waals surface area contributed by atoms with Crippen LogP contribution in [0.1, 0.15) is 30.1 Å². The van der Waals surface area contributed by atoms with Crippen LogP contribution in [0.2, 0.25) is 0 Å². The Labute approximate surface area is 119 Å². The summed E-state index contributed by atoms with van der Waals surface area (Å²) in [4.78, 5) is 8.99. The number of nitrogens with one attached hydrogen (secondary N) is 1. The van der Waals surface area contributed by atoms with Gasteiger partial charge in [-0.25, -0.2) is 14.6 Å². The molecule has 0 saturated carbocycles. The quantitative estimate of drug-likeness (QED) is 0.801. The molecular weight excluding hydrogens is 278 g/mol. The Morgan fingerprint density at radius 3 is 2.95 bits per heavy atom. The van der Waals surface area contributed by atoms with Gasteiger partial charge in [-0.3, -0.25) is 0 Å². The summed E-state index contributed by atoms with van der Waals surface area (Å²) in [6.45, 7) is 4.17. The van der Waals surface area contributed by atoms with E-state index in [2.05, 4.69) is 27.3 Å². The van der Waals surface area contributed by atoms with Crippen molar-refractivity contribution in [2.24, 2.45) is 7.05 Å². The average molecular weight is 293 g/mol. The zero-order valence-corrected chi connectivity index (χ0v) is 12.7. The molecule has 0 aliphatic rings. The van der Waals surface area contributed by atoms with Crippen molar-refractivity contribution in [2.45, 2.75) is 26.3 Å². The second-order valence-electron chi connectivity index (χ2n) is 4.36. The van der Waals surface area contributed by atoms with Crippen molar-refractivity contribution in [1.29, 1.82) is 0 Å². The van der Waals surface area contributed by atoms with Crippen LogP contribution in [0.4, 0.5) is 5.13 Å². The molecule has 0 unspecified atom stereocenters. The molecular formula is C12H15N5S2. The molecule has 0 aromatic carbocycles. The van der Waals surface area contributed by atoms with E-state index in [1.165, 1.54) is 0 Å². The van der Waals surface area contributed by atoms with Gasteiger partial charge in [-0.1, -0.05) is 18.3 Å². The largest absolute Gasteiger partial charge is 0.352 e. The Balaban J connectivity index is 1.90. The highest BCUT2D eigenvalue weighted by atomic mass is 32.1. The predicted molar refractivity (Wildman–Crippen MR) is 79.9 cm³/mol. The van der Waals surface area contributed by atoms with Crippen LogP contribution in [-0.2, 0) is 7.05 Å². The van der Waals surface area contributed by atoms with E-state index in [9.17, 15) is 0 Å². The molecule has 3 aromatic heterocycles. The second kappa shape index (κ2) is 4.90. The third-order valence-electron chi connectivity index (χ3n) is 3.00. The van der Waals surface area contributed by atoms with Gasteiger partial charge in [0.1, 0.15) is 5.01 Å². The smallest absolute Gasteiger partial charge is 0.186 e. The van der Waals surface area contributed by atoms with Crippen molar-refractivity contribution in [3.8, 4) is 0 Å². The maximum absolute atomic E-state index is 4.62. The summed E-state index contributed by atoms with van der Waals surface area (Å²) in [5, 5.41) is 11.9. The van der Waals surface area contributed by atoms with Crippen LogP contribution in [-0.4, -0.2) is 19.7 Å². The molecule has 0 saturated heterocycles. The molecule has 3 rings (SSSR count). The molecule has 0 spiro atoms. The van der Waals surface area contributed by atoms with E-state index in [1.807, 2.05) is 30.2 Å². The molecule has 100 valence electrons. The van der Waals surface area contributed by atoms with E-state index in [-0.39, 0.29) is 6.04 Å². The molecule has 0 fully saturated rings. The lowest BCUT2D eigenvalue weighted by molar-refractivity contribution is 0.739. The fraction of sp³-hybridized carbons (Fsp3) is 0.417. The standard InChI is InChI=1S/C12H15N5S2/c1-4-8(11-13-5-6-18-11)14-12-15-10-9(19-12)7(2)16-17(10)3/h5-6,8H,4H2,1-3H3,(H,14,15)/t8-/m0/s1. The van der Waals surface area contributed by atoms with Crippen LogP contribution in [0.5, 0.6) is 0 Å².